The molecular formula is C53H43N5O. The predicted octanol–water partition coefficient (Wildman–Crippen LogP) is 14.7. The molecule has 0 aliphatic rings. The molecule has 286 valence electrons. The Morgan fingerprint density at radius 2 is 1.39 bits per heavy atom. The van der Waals surface area contributed by atoms with Crippen LogP contribution in [-0.2, 0) is 0 Å². The number of nitrogens with zero attached hydrogens (tertiary/aromatic N) is 5. The Hall–Kier alpha value is -7.57. The summed E-state index contributed by atoms with van der Waals surface area (Å²) < 4.78 is 13.3. The molecule has 0 spiro atoms. The van der Waals surface area contributed by atoms with Crippen LogP contribution in [0.25, 0.3) is 77.8 Å². The van der Waals surface area contributed by atoms with E-state index in [0.717, 1.165) is 84.9 Å². The zero-order valence-electron chi connectivity index (χ0n) is 33.4. The maximum atomic E-state index is 6.52. The number of anilines is 3. The molecule has 59 heavy (non-hydrogen) atoms. The Kier molecular flexibility index (Phi) is 8.95. The molecule has 0 bridgehead atoms. The van der Waals surface area contributed by atoms with Gasteiger partial charge in [-0.1, -0.05) is 111 Å². The van der Waals surface area contributed by atoms with Crippen LogP contribution in [0.2, 0.25) is 0 Å². The van der Waals surface area contributed by atoms with Gasteiger partial charge >= 0.3 is 0 Å². The van der Waals surface area contributed by atoms with Crippen molar-refractivity contribution >= 4 is 89.1 Å². The smallest absolute Gasteiger partial charge is 0.234 e. The summed E-state index contributed by atoms with van der Waals surface area (Å²) in [5.41, 5.74) is 14.4. The molecule has 6 aromatic carbocycles. The Morgan fingerprint density at radius 1 is 0.695 bits per heavy atom. The van der Waals surface area contributed by atoms with Gasteiger partial charge < -0.3 is 13.9 Å². The molecule has 0 N–H and O–H groups in total. The van der Waals surface area contributed by atoms with Crippen LogP contribution < -0.4 is 4.90 Å². The Balaban J connectivity index is 1.23. The number of benzene rings is 6. The maximum absolute atomic E-state index is 6.52. The molecule has 4 heterocycles. The van der Waals surface area contributed by atoms with Crippen molar-refractivity contribution in [3.05, 3.63) is 194 Å². The topological polar surface area (TPSA) is 43.5 Å². The molecule has 10 aromatic rings. The first kappa shape index (κ1) is 35.8. The van der Waals surface area contributed by atoms with Gasteiger partial charge in [0.1, 0.15) is 11.1 Å². The van der Waals surface area contributed by atoms with E-state index in [-0.39, 0.29) is 0 Å². The van der Waals surface area contributed by atoms with E-state index < -0.39 is 0 Å². The van der Waals surface area contributed by atoms with Crippen molar-refractivity contribution in [2.45, 2.75) is 27.2 Å². The second-order valence-corrected chi connectivity index (χ2v) is 14.7. The van der Waals surface area contributed by atoms with Crippen molar-refractivity contribution in [3.63, 3.8) is 0 Å². The highest BCUT2D eigenvalue weighted by atomic mass is 16.3. The standard InChI is InChI=1S/C53H43N5O/c1-5-9-19-38(8-4)56-46-24-15-13-22-43(46)45-34-41(30-32-47(45)56)55(40-28-26-37(27-29-40)36(17-6-2)18-7-3)42-31-33-48-49(35-42)57(39-20-11-10-12-21-39)53-54-51-44-23-14-16-25-50(44)59-52(51)58(48)53/h5-6,8-35H,1,7H2,2-4H3/b17-6-,19-9-,36-18+,38-8+. The number of hydrogen-bond acceptors (Lipinski definition) is 3. The second-order valence-electron chi connectivity index (χ2n) is 14.7. The lowest BCUT2D eigenvalue weighted by atomic mass is 10.0. The summed E-state index contributed by atoms with van der Waals surface area (Å²) in [6, 6.07) is 49.7. The summed E-state index contributed by atoms with van der Waals surface area (Å²) in [7, 11) is 0. The number of allylic oxidation sites excluding steroid dienone is 9. The lowest BCUT2D eigenvalue weighted by Gasteiger charge is -2.26. The molecule has 10 rings (SSSR count). The molecule has 6 nitrogen and oxygen atoms in total. The van der Waals surface area contributed by atoms with E-state index in [0.29, 0.717) is 0 Å². The first-order chi connectivity index (χ1) is 29.1. The quantitative estimate of drug-likeness (QED) is 0.130. The van der Waals surface area contributed by atoms with E-state index in [9.17, 15) is 0 Å². The average molecular weight is 766 g/mol. The molecule has 0 atom stereocenters. The van der Waals surface area contributed by atoms with Gasteiger partial charge in [-0.25, -0.2) is 9.38 Å². The fourth-order valence-electron chi connectivity index (χ4n) is 8.62. The van der Waals surface area contributed by atoms with Crippen molar-refractivity contribution in [3.8, 4) is 5.69 Å². The van der Waals surface area contributed by atoms with Gasteiger partial charge in [0.25, 0.3) is 0 Å². The van der Waals surface area contributed by atoms with Crippen LogP contribution in [0.3, 0.4) is 0 Å². The number of hydrogen-bond donors (Lipinski definition) is 0. The summed E-state index contributed by atoms with van der Waals surface area (Å²) in [4.78, 5) is 7.62. The molecule has 0 saturated heterocycles. The van der Waals surface area contributed by atoms with Crippen LogP contribution in [0.15, 0.2) is 193 Å². The highest BCUT2D eigenvalue weighted by Crippen LogP contribution is 2.42. The fourth-order valence-corrected chi connectivity index (χ4v) is 8.62. The van der Waals surface area contributed by atoms with Gasteiger partial charge in [0.15, 0.2) is 0 Å². The molecule has 6 heteroatoms. The third kappa shape index (κ3) is 5.83. The van der Waals surface area contributed by atoms with Crippen LogP contribution >= 0.6 is 0 Å². The van der Waals surface area contributed by atoms with Gasteiger partial charge in [-0.3, -0.25) is 4.57 Å². The van der Waals surface area contributed by atoms with Gasteiger partial charge in [0.2, 0.25) is 11.5 Å². The summed E-state index contributed by atoms with van der Waals surface area (Å²) in [5, 5.41) is 3.37. The molecule has 0 unspecified atom stereocenters. The Bertz CT molecular complexity index is 3340. The number of fused-ring (bicyclic) bond motifs is 10. The van der Waals surface area contributed by atoms with E-state index >= 15 is 0 Å². The number of aromatic nitrogens is 4. The normalized spacial score (nSPS) is 12.9. The number of para-hydroxylation sites is 3. The zero-order valence-corrected chi connectivity index (χ0v) is 33.4. The summed E-state index contributed by atoms with van der Waals surface area (Å²) >= 11 is 0. The molecule has 4 aromatic heterocycles. The average Bonchev–Trinajstić information content (AvgIpc) is 4.01. The fraction of sp³-hybridized carbons (Fsp3) is 0.0755. The van der Waals surface area contributed by atoms with Crippen LogP contribution in [0.5, 0.6) is 0 Å². The summed E-state index contributed by atoms with van der Waals surface area (Å²) in [5.74, 6) is 0.803. The lowest BCUT2D eigenvalue weighted by Crippen LogP contribution is -2.10. The number of furan rings is 1. The molecule has 0 amide bonds. The Morgan fingerprint density at radius 3 is 2.15 bits per heavy atom. The minimum absolute atomic E-state index is 0.739. The summed E-state index contributed by atoms with van der Waals surface area (Å²) in [6.07, 6.45) is 15.6. The largest absolute Gasteiger partial charge is 0.437 e. The third-order valence-corrected chi connectivity index (χ3v) is 11.2. The number of rotatable bonds is 10. The second kappa shape index (κ2) is 14.7. The van der Waals surface area contributed by atoms with Crippen molar-refractivity contribution in [2.24, 2.45) is 0 Å². The predicted molar refractivity (Wildman–Crippen MR) is 249 cm³/mol. The lowest BCUT2D eigenvalue weighted by molar-refractivity contribution is 0.651. The minimum Gasteiger partial charge on any atom is -0.437 e. The van der Waals surface area contributed by atoms with E-state index in [1.54, 1.807) is 0 Å². The van der Waals surface area contributed by atoms with Crippen molar-refractivity contribution in [1.82, 2.24) is 18.5 Å². The third-order valence-electron chi connectivity index (χ3n) is 11.2. The van der Waals surface area contributed by atoms with E-state index in [2.05, 4.69) is 191 Å². The van der Waals surface area contributed by atoms with Crippen LogP contribution in [0, 0.1) is 0 Å². The van der Waals surface area contributed by atoms with E-state index in [4.69, 9.17) is 9.40 Å². The van der Waals surface area contributed by atoms with Gasteiger partial charge in [-0.05, 0) is 116 Å². The molecular weight excluding hydrogens is 723 g/mol. The Labute approximate surface area is 342 Å². The highest BCUT2D eigenvalue weighted by Gasteiger charge is 2.24. The van der Waals surface area contributed by atoms with Gasteiger partial charge in [-0.2, -0.15) is 0 Å². The molecule has 0 saturated carbocycles. The van der Waals surface area contributed by atoms with Gasteiger partial charge in [0.05, 0.1) is 22.1 Å². The molecule has 0 fully saturated rings. The van der Waals surface area contributed by atoms with Gasteiger partial charge in [0, 0.05) is 44.6 Å². The van der Waals surface area contributed by atoms with E-state index in [1.807, 2.05) is 36.4 Å². The first-order valence-electron chi connectivity index (χ1n) is 20.2. The van der Waals surface area contributed by atoms with Crippen molar-refractivity contribution in [1.29, 1.82) is 0 Å². The minimum atomic E-state index is 0.739. The molecule has 0 radical (unpaired) electrons. The monoisotopic (exact) mass is 765 g/mol. The SMILES string of the molecule is C=C/C=C\C(=C/C)n1c2ccccc2c2cc(N(c3ccc(C(/C=C\C)=C/CC)cc3)c3ccc4c(c3)n(-c3ccccc3)c3nc5c6ccccc6oc5n43)ccc21. The van der Waals surface area contributed by atoms with Gasteiger partial charge in [-0.15, -0.1) is 0 Å². The molecule has 0 aliphatic heterocycles. The van der Waals surface area contributed by atoms with Crippen molar-refractivity contribution < 1.29 is 4.42 Å². The van der Waals surface area contributed by atoms with Crippen molar-refractivity contribution in [2.75, 3.05) is 4.90 Å². The number of imidazole rings is 2. The zero-order chi connectivity index (χ0) is 40.0. The van der Waals surface area contributed by atoms with E-state index in [1.165, 1.54) is 21.9 Å². The maximum Gasteiger partial charge on any atom is 0.234 e. The highest BCUT2D eigenvalue weighted by molar-refractivity contribution is 6.12. The van der Waals surface area contributed by atoms with Crippen LogP contribution in [0.4, 0.5) is 17.1 Å². The van der Waals surface area contributed by atoms with Crippen LogP contribution in [0.1, 0.15) is 32.8 Å². The first-order valence-corrected chi connectivity index (χ1v) is 20.2. The summed E-state index contributed by atoms with van der Waals surface area (Å²) in [6.45, 7) is 10.3. The van der Waals surface area contributed by atoms with Crippen LogP contribution in [-0.4, -0.2) is 18.5 Å². The molecule has 0 aliphatic carbocycles.